The molecule has 1 saturated heterocycles. The van der Waals surface area contributed by atoms with Gasteiger partial charge in [0.15, 0.2) is 11.5 Å². The van der Waals surface area contributed by atoms with E-state index in [9.17, 15) is 8.42 Å². The predicted octanol–water partition coefficient (Wildman–Crippen LogP) is 2.78. The zero-order valence-electron chi connectivity index (χ0n) is 18.1. The van der Waals surface area contributed by atoms with Crippen LogP contribution >= 0.6 is 0 Å². The van der Waals surface area contributed by atoms with E-state index >= 15 is 0 Å². The molecule has 3 rings (SSSR count). The summed E-state index contributed by atoms with van der Waals surface area (Å²) in [6.07, 6.45) is 0.888. The maximum Gasteiger partial charge on any atom is 0.243 e. The van der Waals surface area contributed by atoms with Gasteiger partial charge in [-0.25, -0.2) is 8.42 Å². The second-order valence-corrected chi connectivity index (χ2v) is 9.11. The molecule has 1 heterocycles. The second kappa shape index (κ2) is 9.68. The van der Waals surface area contributed by atoms with Crippen molar-refractivity contribution in [3.63, 3.8) is 0 Å². The van der Waals surface area contributed by atoms with Crippen LogP contribution < -0.4 is 14.2 Å². The average Bonchev–Trinajstić information content (AvgIpc) is 2.79. The van der Waals surface area contributed by atoms with Gasteiger partial charge in [0.05, 0.1) is 26.2 Å². The van der Waals surface area contributed by atoms with E-state index in [4.69, 9.17) is 14.2 Å². The van der Waals surface area contributed by atoms with E-state index in [-0.39, 0.29) is 0 Å². The molecule has 0 spiro atoms. The summed E-state index contributed by atoms with van der Waals surface area (Å²) in [7, 11) is 1.31. The number of sulfonamides is 1. The van der Waals surface area contributed by atoms with E-state index in [1.807, 2.05) is 24.3 Å². The van der Waals surface area contributed by atoms with Crippen molar-refractivity contribution in [1.29, 1.82) is 0 Å². The largest absolute Gasteiger partial charge is 0.493 e. The summed E-state index contributed by atoms with van der Waals surface area (Å²) in [4.78, 5) is 2.57. The van der Waals surface area contributed by atoms with Gasteiger partial charge in [0, 0.05) is 38.3 Å². The van der Waals surface area contributed by atoms with Crippen LogP contribution in [0.1, 0.15) is 18.1 Å². The summed E-state index contributed by atoms with van der Waals surface area (Å²) >= 11 is 0. The van der Waals surface area contributed by atoms with E-state index in [0.717, 1.165) is 17.5 Å². The first-order chi connectivity index (χ1) is 14.4. The number of rotatable bonds is 8. The molecular formula is C22H30N2O5S. The lowest BCUT2D eigenvalue weighted by Gasteiger charge is -2.34. The number of nitrogens with zero attached hydrogens (tertiary/aromatic N) is 2. The van der Waals surface area contributed by atoms with Crippen LogP contribution in [0.2, 0.25) is 0 Å². The van der Waals surface area contributed by atoms with Crippen LogP contribution in [0.5, 0.6) is 17.2 Å². The van der Waals surface area contributed by atoms with Gasteiger partial charge in [0.2, 0.25) is 15.8 Å². The van der Waals surface area contributed by atoms with Crippen LogP contribution in [0.4, 0.5) is 0 Å². The quantitative estimate of drug-likeness (QED) is 0.637. The highest BCUT2D eigenvalue weighted by Crippen LogP contribution is 2.40. The Labute approximate surface area is 179 Å². The first-order valence-corrected chi connectivity index (χ1v) is 11.5. The van der Waals surface area contributed by atoms with Crippen molar-refractivity contribution in [3.8, 4) is 17.2 Å². The molecule has 1 aliphatic heterocycles. The van der Waals surface area contributed by atoms with Crippen LogP contribution in [0, 0.1) is 0 Å². The van der Waals surface area contributed by atoms with E-state index in [1.165, 1.54) is 0 Å². The van der Waals surface area contributed by atoms with Crippen LogP contribution in [0.3, 0.4) is 0 Å². The Morgan fingerprint density at radius 2 is 1.47 bits per heavy atom. The second-order valence-electron chi connectivity index (χ2n) is 7.17. The minimum Gasteiger partial charge on any atom is -0.493 e. The molecule has 8 heteroatoms. The van der Waals surface area contributed by atoms with Gasteiger partial charge in [-0.2, -0.15) is 4.31 Å². The Kier molecular flexibility index (Phi) is 7.23. The maximum atomic E-state index is 13.0. The van der Waals surface area contributed by atoms with Gasteiger partial charge in [0.25, 0.3) is 0 Å². The van der Waals surface area contributed by atoms with Crippen molar-refractivity contribution < 1.29 is 22.6 Å². The van der Waals surface area contributed by atoms with E-state index in [0.29, 0.717) is 54.9 Å². The van der Waals surface area contributed by atoms with E-state index < -0.39 is 10.0 Å². The van der Waals surface area contributed by atoms with Crippen molar-refractivity contribution in [2.45, 2.75) is 24.8 Å². The van der Waals surface area contributed by atoms with Crippen LogP contribution in [-0.4, -0.2) is 65.1 Å². The van der Waals surface area contributed by atoms with Gasteiger partial charge in [-0.1, -0.05) is 25.1 Å². The molecule has 0 atom stereocenters. The molecule has 1 aliphatic rings. The number of hydrogen-bond acceptors (Lipinski definition) is 6. The number of methoxy groups -OCH3 is 3. The molecule has 164 valence electrons. The van der Waals surface area contributed by atoms with Gasteiger partial charge in [0.1, 0.15) is 0 Å². The number of piperazine rings is 1. The molecule has 7 nitrogen and oxygen atoms in total. The van der Waals surface area contributed by atoms with Crippen LogP contribution in [0.25, 0.3) is 0 Å². The monoisotopic (exact) mass is 434 g/mol. The molecule has 0 aromatic heterocycles. The number of benzene rings is 2. The van der Waals surface area contributed by atoms with Crippen molar-refractivity contribution in [3.05, 3.63) is 47.5 Å². The highest BCUT2D eigenvalue weighted by atomic mass is 32.2. The summed E-state index contributed by atoms with van der Waals surface area (Å²) in [6, 6.07) is 11.0. The van der Waals surface area contributed by atoms with Gasteiger partial charge in [-0.3, -0.25) is 4.90 Å². The molecule has 0 N–H and O–H groups in total. The summed E-state index contributed by atoms with van der Waals surface area (Å²) in [5.41, 5.74) is 2.10. The molecule has 0 unspecified atom stereocenters. The SMILES string of the molecule is CCc1ccc(S(=O)(=O)N2CCN(Cc3ccc(OC)c(OC)c3OC)CC2)cc1. The smallest absolute Gasteiger partial charge is 0.243 e. The Bertz CT molecular complexity index is 952. The zero-order chi connectivity index (χ0) is 21.7. The van der Waals surface area contributed by atoms with E-state index in [2.05, 4.69) is 11.8 Å². The first-order valence-electron chi connectivity index (χ1n) is 10.0. The van der Waals surface area contributed by atoms with E-state index in [1.54, 1.807) is 37.8 Å². The minimum absolute atomic E-state index is 0.356. The van der Waals surface area contributed by atoms with Crippen molar-refractivity contribution in [2.24, 2.45) is 0 Å². The third kappa shape index (κ3) is 4.55. The lowest BCUT2D eigenvalue weighted by Crippen LogP contribution is -2.48. The minimum atomic E-state index is -3.47. The third-order valence-electron chi connectivity index (χ3n) is 5.48. The topological polar surface area (TPSA) is 68.3 Å². The molecule has 0 radical (unpaired) electrons. The molecule has 1 fully saturated rings. The zero-order valence-corrected chi connectivity index (χ0v) is 18.9. The van der Waals surface area contributed by atoms with Crippen LogP contribution in [0.15, 0.2) is 41.3 Å². The summed E-state index contributed by atoms with van der Waals surface area (Å²) in [6.45, 7) is 4.88. The van der Waals surface area contributed by atoms with Gasteiger partial charge < -0.3 is 14.2 Å². The molecule has 2 aromatic rings. The predicted molar refractivity (Wildman–Crippen MR) is 116 cm³/mol. The average molecular weight is 435 g/mol. The van der Waals surface area contributed by atoms with Crippen molar-refractivity contribution in [1.82, 2.24) is 9.21 Å². The lowest BCUT2D eigenvalue weighted by molar-refractivity contribution is 0.179. The van der Waals surface area contributed by atoms with Crippen LogP contribution in [-0.2, 0) is 23.0 Å². The lowest BCUT2D eigenvalue weighted by atomic mass is 10.1. The summed E-state index contributed by atoms with van der Waals surface area (Å²) in [5.74, 6) is 1.82. The van der Waals surface area contributed by atoms with Gasteiger partial charge in [-0.05, 0) is 30.2 Å². The standard InChI is InChI=1S/C22H30N2O5S/c1-5-17-6-9-19(10-7-17)30(25,26)24-14-12-23(13-15-24)16-18-8-11-20(27-2)22(29-4)21(18)28-3/h6-11H,5,12-16H2,1-4H3. The first kappa shape index (κ1) is 22.4. The van der Waals surface area contributed by atoms with Crippen molar-refractivity contribution >= 4 is 10.0 Å². The third-order valence-corrected chi connectivity index (χ3v) is 7.39. The molecule has 0 bridgehead atoms. The number of hydrogen-bond donors (Lipinski definition) is 0. The highest BCUT2D eigenvalue weighted by Gasteiger charge is 2.29. The maximum absolute atomic E-state index is 13.0. The molecule has 0 amide bonds. The Morgan fingerprint density at radius 1 is 0.833 bits per heavy atom. The fourth-order valence-electron chi connectivity index (χ4n) is 3.70. The molecule has 2 aromatic carbocycles. The summed E-state index contributed by atoms with van der Waals surface area (Å²) < 4.78 is 43.9. The normalized spacial score (nSPS) is 15.7. The molecule has 0 saturated carbocycles. The summed E-state index contributed by atoms with van der Waals surface area (Å²) in [5, 5.41) is 0. The number of aryl methyl sites for hydroxylation is 1. The Balaban J connectivity index is 1.68. The Morgan fingerprint density at radius 3 is 2.00 bits per heavy atom. The van der Waals surface area contributed by atoms with Gasteiger partial charge in [-0.15, -0.1) is 0 Å². The Hall–Kier alpha value is -2.29. The van der Waals surface area contributed by atoms with Crippen molar-refractivity contribution in [2.75, 3.05) is 47.5 Å². The van der Waals surface area contributed by atoms with Gasteiger partial charge >= 0.3 is 0 Å². The fraction of sp³-hybridized carbons (Fsp3) is 0.455. The fourth-order valence-corrected chi connectivity index (χ4v) is 5.12. The number of ether oxygens (including phenoxy) is 3. The highest BCUT2D eigenvalue weighted by molar-refractivity contribution is 7.89. The molecule has 0 aliphatic carbocycles. The molecular weight excluding hydrogens is 404 g/mol. The molecule has 30 heavy (non-hydrogen) atoms.